The highest BCUT2D eigenvalue weighted by atomic mass is 32.1. The topological polar surface area (TPSA) is 125 Å². The third kappa shape index (κ3) is 6.87. The minimum atomic E-state index is -1.06. The number of benzene rings is 1. The predicted octanol–water partition coefficient (Wildman–Crippen LogP) is 0.421. The van der Waals surface area contributed by atoms with Crippen molar-refractivity contribution in [2.24, 2.45) is 0 Å². The first-order valence-electron chi connectivity index (χ1n) is 8.02. The molecule has 0 heterocycles. The highest BCUT2D eigenvalue weighted by Gasteiger charge is 2.30. The Morgan fingerprint density at radius 2 is 1.78 bits per heavy atom. The number of rotatable bonds is 8. The van der Waals surface area contributed by atoms with Gasteiger partial charge in [-0.05, 0) is 31.5 Å². The van der Waals surface area contributed by atoms with Crippen molar-refractivity contribution < 1.29 is 29.3 Å². The highest BCUT2D eigenvalue weighted by molar-refractivity contribution is 7.82. The monoisotopic (exact) mass is 416 g/mol. The van der Waals surface area contributed by atoms with Gasteiger partial charge in [0.25, 0.3) is 0 Å². The standard InChI is InChI=1S/C17H24N2O6S2/c1-17(2,27)16(24)19-11(8-26)14(22)18-10(15(23)25-3)6-9-4-5-12(20)13(21)7-9/h4-5,7,10-11,20-21,26-27H,6,8H2,1-3H3,(H,18,22)(H,19,24)/t10-,11-/m0/s1. The molecular weight excluding hydrogens is 392 g/mol. The van der Waals surface area contributed by atoms with Crippen LogP contribution in [0.3, 0.4) is 0 Å². The van der Waals surface area contributed by atoms with Gasteiger partial charge in [0, 0.05) is 12.2 Å². The van der Waals surface area contributed by atoms with E-state index in [1.54, 1.807) is 13.8 Å². The zero-order valence-corrected chi connectivity index (χ0v) is 17.0. The van der Waals surface area contributed by atoms with Crippen molar-refractivity contribution in [3.63, 3.8) is 0 Å². The Balaban J connectivity index is 2.91. The zero-order valence-electron chi connectivity index (χ0n) is 15.2. The van der Waals surface area contributed by atoms with E-state index in [9.17, 15) is 24.6 Å². The summed E-state index contributed by atoms with van der Waals surface area (Å²) in [6.45, 7) is 3.15. The molecule has 0 aromatic heterocycles. The number of ether oxygens (including phenoxy) is 1. The molecule has 0 saturated carbocycles. The van der Waals surface area contributed by atoms with Gasteiger partial charge < -0.3 is 25.6 Å². The van der Waals surface area contributed by atoms with Gasteiger partial charge in [0.2, 0.25) is 11.8 Å². The number of hydrogen-bond acceptors (Lipinski definition) is 8. The van der Waals surface area contributed by atoms with Crippen LogP contribution in [0.1, 0.15) is 19.4 Å². The number of aromatic hydroxyl groups is 2. The zero-order chi connectivity index (χ0) is 20.8. The fourth-order valence-corrected chi connectivity index (χ4v) is 2.39. The molecule has 27 heavy (non-hydrogen) atoms. The Morgan fingerprint density at radius 1 is 1.15 bits per heavy atom. The number of nitrogens with one attached hydrogen (secondary N) is 2. The van der Waals surface area contributed by atoms with Crippen molar-refractivity contribution in [3.8, 4) is 11.5 Å². The van der Waals surface area contributed by atoms with Crippen LogP contribution in [0.2, 0.25) is 0 Å². The summed E-state index contributed by atoms with van der Waals surface area (Å²) in [4.78, 5) is 36.5. The number of carbonyl (C=O) groups excluding carboxylic acids is 3. The summed E-state index contributed by atoms with van der Waals surface area (Å²) in [5, 5.41) is 24.0. The second kappa shape index (κ2) is 9.75. The van der Waals surface area contributed by atoms with Crippen molar-refractivity contribution in [1.82, 2.24) is 10.6 Å². The Kier molecular flexibility index (Phi) is 8.29. The van der Waals surface area contributed by atoms with E-state index in [0.717, 1.165) is 0 Å². The fourth-order valence-electron chi connectivity index (χ4n) is 2.07. The summed E-state index contributed by atoms with van der Waals surface area (Å²) in [5.74, 6) is -2.42. The molecule has 4 N–H and O–H groups in total. The lowest BCUT2D eigenvalue weighted by Crippen LogP contribution is -2.55. The van der Waals surface area contributed by atoms with Gasteiger partial charge in [-0.15, -0.1) is 0 Å². The Morgan fingerprint density at radius 3 is 2.26 bits per heavy atom. The van der Waals surface area contributed by atoms with Crippen LogP contribution in [0.4, 0.5) is 0 Å². The molecule has 0 saturated heterocycles. The van der Waals surface area contributed by atoms with Crippen molar-refractivity contribution in [2.75, 3.05) is 12.9 Å². The van der Waals surface area contributed by atoms with E-state index < -0.39 is 34.6 Å². The Labute approximate surface area is 168 Å². The van der Waals surface area contributed by atoms with E-state index in [4.69, 9.17) is 4.74 Å². The van der Waals surface area contributed by atoms with Crippen molar-refractivity contribution in [1.29, 1.82) is 0 Å². The minimum Gasteiger partial charge on any atom is -0.504 e. The van der Waals surface area contributed by atoms with Gasteiger partial charge in [-0.2, -0.15) is 25.3 Å². The Hall–Kier alpha value is -2.07. The smallest absolute Gasteiger partial charge is 0.328 e. The molecule has 0 bridgehead atoms. The lowest BCUT2D eigenvalue weighted by Gasteiger charge is -2.24. The van der Waals surface area contributed by atoms with Gasteiger partial charge in [-0.25, -0.2) is 4.79 Å². The normalized spacial score (nSPS) is 13.4. The molecule has 1 aromatic carbocycles. The van der Waals surface area contributed by atoms with E-state index in [-0.39, 0.29) is 23.7 Å². The molecule has 150 valence electrons. The van der Waals surface area contributed by atoms with Gasteiger partial charge in [-0.3, -0.25) is 9.59 Å². The van der Waals surface area contributed by atoms with E-state index in [1.807, 2.05) is 0 Å². The van der Waals surface area contributed by atoms with Crippen molar-refractivity contribution in [3.05, 3.63) is 23.8 Å². The maximum atomic E-state index is 12.5. The maximum absolute atomic E-state index is 12.5. The number of carbonyl (C=O) groups is 3. The first kappa shape index (κ1) is 23.0. The third-order valence-corrected chi connectivity index (χ3v) is 4.21. The number of amides is 2. The van der Waals surface area contributed by atoms with E-state index in [2.05, 4.69) is 35.9 Å². The van der Waals surface area contributed by atoms with E-state index >= 15 is 0 Å². The molecule has 2 amide bonds. The van der Waals surface area contributed by atoms with Crippen LogP contribution in [-0.2, 0) is 25.5 Å². The second-order valence-corrected chi connectivity index (χ2v) is 7.86. The first-order chi connectivity index (χ1) is 12.5. The number of hydrogen-bond donors (Lipinski definition) is 6. The molecule has 1 rings (SSSR count). The molecule has 0 unspecified atom stereocenters. The number of thiol groups is 2. The van der Waals surface area contributed by atoms with Gasteiger partial charge in [-0.1, -0.05) is 6.07 Å². The number of methoxy groups -OCH3 is 1. The lowest BCUT2D eigenvalue weighted by molar-refractivity contribution is -0.145. The van der Waals surface area contributed by atoms with Crippen LogP contribution in [0.5, 0.6) is 11.5 Å². The molecule has 2 atom stereocenters. The molecule has 0 aliphatic rings. The Bertz CT molecular complexity index is 705. The molecule has 8 nitrogen and oxygen atoms in total. The molecule has 1 aromatic rings. The van der Waals surface area contributed by atoms with Crippen molar-refractivity contribution in [2.45, 2.75) is 37.1 Å². The molecule has 0 aliphatic carbocycles. The summed E-state index contributed by atoms with van der Waals surface area (Å²) in [7, 11) is 1.18. The summed E-state index contributed by atoms with van der Waals surface area (Å²) >= 11 is 8.21. The minimum absolute atomic E-state index is 0.00925. The fraction of sp³-hybridized carbons (Fsp3) is 0.471. The van der Waals surface area contributed by atoms with Gasteiger partial charge in [0.1, 0.15) is 12.1 Å². The SMILES string of the molecule is COC(=O)[C@H](Cc1ccc(O)c(O)c1)NC(=O)[C@H](CS)NC(=O)C(C)(C)S. The number of phenols is 2. The predicted molar refractivity (Wildman–Crippen MR) is 106 cm³/mol. The molecular formula is C17H24N2O6S2. The molecule has 0 fully saturated rings. The average molecular weight is 417 g/mol. The average Bonchev–Trinajstić information content (AvgIpc) is 2.60. The molecule has 10 heteroatoms. The summed E-state index contributed by atoms with van der Waals surface area (Å²) in [6, 6.07) is 2.01. The van der Waals surface area contributed by atoms with Gasteiger partial charge >= 0.3 is 5.97 Å². The summed E-state index contributed by atoms with van der Waals surface area (Å²) in [6.07, 6.45) is 0.0115. The number of esters is 1. The third-order valence-electron chi connectivity index (χ3n) is 3.64. The van der Waals surface area contributed by atoms with E-state index in [0.29, 0.717) is 5.56 Å². The highest BCUT2D eigenvalue weighted by Crippen LogP contribution is 2.25. The van der Waals surface area contributed by atoms with Crippen LogP contribution in [-0.4, -0.2) is 57.7 Å². The van der Waals surface area contributed by atoms with Gasteiger partial charge in [0.05, 0.1) is 11.9 Å². The van der Waals surface area contributed by atoms with Gasteiger partial charge in [0.15, 0.2) is 11.5 Å². The summed E-state index contributed by atoms with van der Waals surface area (Å²) < 4.78 is 3.71. The van der Waals surface area contributed by atoms with Crippen LogP contribution in [0.25, 0.3) is 0 Å². The quantitative estimate of drug-likeness (QED) is 0.207. The van der Waals surface area contributed by atoms with Crippen LogP contribution >= 0.6 is 25.3 Å². The molecule has 0 spiro atoms. The molecule has 0 radical (unpaired) electrons. The largest absolute Gasteiger partial charge is 0.504 e. The van der Waals surface area contributed by atoms with Crippen molar-refractivity contribution >= 4 is 43.0 Å². The van der Waals surface area contributed by atoms with Crippen LogP contribution < -0.4 is 10.6 Å². The lowest BCUT2D eigenvalue weighted by atomic mass is 10.0. The van der Waals surface area contributed by atoms with Crippen LogP contribution in [0.15, 0.2) is 18.2 Å². The second-order valence-electron chi connectivity index (χ2n) is 6.38. The number of phenolic OH excluding ortho intramolecular Hbond substituents is 2. The first-order valence-corrected chi connectivity index (χ1v) is 9.10. The molecule has 0 aliphatic heterocycles. The maximum Gasteiger partial charge on any atom is 0.328 e. The summed E-state index contributed by atoms with van der Waals surface area (Å²) in [5.41, 5.74) is 0.490. The van der Waals surface area contributed by atoms with Crippen LogP contribution in [0, 0.1) is 0 Å². The van der Waals surface area contributed by atoms with E-state index in [1.165, 1.54) is 25.3 Å².